The Labute approximate surface area is 155 Å². The van der Waals surface area contributed by atoms with Gasteiger partial charge in [0.1, 0.15) is 6.29 Å². The molecule has 0 fully saturated rings. The van der Waals surface area contributed by atoms with E-state index in [2.05, 4.69) is 41.7 Å². The van der Waals surface area contributed by atoms with Gasteiger partial charge < -0.3 is 19.6 Å². The van der Waals surface area contributed by atoms with Crippen molar-refractivity contribution in [1.29, 1.82) is 0 Å². The fourth-order valence-electron chi connectivity index (χ4n) is 4.06. The van der Waals surface area contributed by atoms with Crippen LogP contribution in [0.3, 0.4) is 0 Å². The van der Waals surface area contributed by atoms with Gasteiger partial charge in [-0.3, -0.25) is 0 Å². The molecule has 2 aromatic carbocycles. The molecule has 1 aliphatic rings. The summed E-state index contributed by atoms with van der Waals surface area (Å²) in [4.78, 5) is 10.9. The summed E-state index contributed by atoms with van der Waals surface area (Å²) in [6, 6.07) is 14.8. The van der Waals surface area contributed by atoms with Gasteiger partial charge in [0, 0.05) is 18.4 Å². The summed E-state index contributed by atoms with van der Waals surface area (Å²) in [5.74, 6) is 1.52. The lowest BCUT2D eigenvalue weighted by Crippen LogP contribution is -2.38. The van der Waals surface area contributed by atoms with Crippen LogP contribution in [0.1, 0.15) is 36.0 Å². The number of fused-ring (bicyclic) bond motifs is 1. The van der Waals surface area contributed by atoms with Crippen LogP contribution in [0, 0.1) is 0 Å². The second-order valence-electron chi connectivity index (χ2n) is 6.80. The Morgan fingerprint density at radius 3 is 2.54 bits per heavy atom. The van der Waals surface area contributed by atoms with Gasteiger partial charge >= 0.3 is 0 Å². The van der Waals surface area contributed by atoms with E-state index < -0.39 is 0 Å². The smallest absolute Gasteiger partial charge is 0.161 e. The molecule has 26 heavy (non-hydrogen) atoms. The van der Waals surface area contributed by atoms with Crippen LogP contribution in [0.25, 0.3) is 0 Å². The molecule has 1 unspecified atom stereocenters. The predicted octanol–water partition coefficient (Wildman–Crippen LogP) is 3.50. The molecule has 3 rings (SSSR count). The highest BCUT2D eigenvalue weighted by Gasteiger charge is 2.37. The van der Waals surface area contributed by atoms with Crippen LogP contribution in [0.5, 0.6) is 11.5 Å². The molecule has 1 heterocycles. The first-order valence-corrected chi connectivity index (χ1v) is 9.20. The number of nitrogens with one attached hydrogen (secondary N) is 1. The Kier molecular flexibility index (Phi) is 5.94. The summed E-state index contributed by atoms with van der Waals surface area (Å²) in [5.41, 5.74) is 3.64. The summed E-state index contributed by atoms with van der Waals surface area (Å²) >= 11 is 0. The Hall–Kier alpha value is -2.33. The number of aldehydes is 1. The van der Waals surface area contributed by atoms with Crippen molar-refractivity contribution in [2.24, 2.45) is 0 Å². The third-order valence-corrected chi connectivity index (χ3v) is 5.37. The lowest BCUT2D eigenvalue weighted by Gasteiger charge is -2.36. The minimum atomic E-state index is -0.185. The molecule has 4 heteroatoms. The van der Waals surface area contributed by atoms with E-state index in [0.717, 1.165) is 50.1 Å². The molecule has 0 aliphatic carbocycles. The molecule has 0 radical (unpaired) electrons. The van der Waals surface area contributed by atoms with Crippen LogP contribution in [0.2, 0.25) is 0 Å². The zero-order chi connectivity index (χ0) is 18.4. The van der Waals surface area contributed by atoms with Crippen molar-refractivity contribution in [3.8, 4) is 11.5 Å². The standard InChI is InChI=1S/C22H27NO3/c1-25-20-14-17-10-12-23-16-22(11-6-7-13-24,18-8-4-3-5-9-18)19(17)15-21(20)26-2/h3-5,8-9,13-15,23H,6-7,10-12,16H2,1-2H3. The molecule has 0 saturated carbocycles. The van der Waals surface area contributed by atoms with E-state index in [1.165, 1.54) is 16.7 Å². The third-order valence-electron chi connectivity index (χ3n) is 5.37. The van der Waals surface area contributed by atoms with Gasteiger partial charge in [0.2, 0.25) is 0 Å². The maximum Gasteiger partial charge on any atom is 0.161 e. The fraction of sp³-hybridized carbons (Fsp3) is 0.409. The number of rotatable bonds is 7. The van der Waals surface area contributed by atoms with E-state index in [9.17, 15) is 4.79 Å². The Morgan fingerprint density at radius 1 is 1.12 bits per heavy atom. The van der Waals surface area contributed by atoms with Crippen molar-refractivity contribution >= 4 is 6.29 Å². The SMILES string of the molecule is COc1cc2c(cc1OC)C(CCCC=O)(c1ccccc1)CNCC2. The molecule has 2 aromatic rings. The summed E-state index contributed by atoms with van der Waals surface area (Å²) in [6.07, 6.45) is 4.30. The van der Waals surface area contributed by atoms with Gasteiger partial charge in [0.05, 0.1) is 14.2 Å². The number of methoxy groups -OCH3 is 2. The molecule has 4 nitrogen and oxygen atoms in total. The summed E-state index contributed by atoms with van der Waals surface area (Å²) in [6.45, 7) is 1.77. The first-order valence-electron chi connectivity index (χ1n) is 9.20. The van der Waals surface area contributed by atoms with Gasteiger partial charge in [-0.1, -0.05) is 30.3 Å². The topological polar surface area (TPSA) is 47.6 Å². The monoisotopic (exact) mass is 353 g/mol. The van der Waals surface area contributed by atoms with Crippen molar-refractivity contribution in [2.75, 3.05) is 27.3 Å². The zero-order valence-electron chi connectivity index (χ0n) is 15.6. The molecular formula is C22H27NO3. The number of unbranched alkanes of at least 4 members (excludes halogenated alkanes) is 1. The van der Waals surface area contributed by atoms with Crippen LogP contribution in [-0.4, -0.2) is 33.6 Å². The highest BCUT2D eigenvalue weighted by atomic mass is 16.5. The van der Waals surface area contributed by atoms with Crippen LogP contribution >= 0.6 is 0 Å². The molecule has 1 atom stereocenters. The number of carbonyl (C=O) groups is 1. The quantitative estimate of drug-likeness (QED) is 0.611. The summed E-state index contributed by atoms with van der Waals surface area (Å²) in [5, 5.41) is 3.62. The lowest BCUT2D eigenvalue weighted by atomic mass is 9.69. The molecule has 1 aliphatic heterocycles. The van der Waals surface area contributed by atoms with Crippen molar-refractivity contribution in [1.82, 2.24) is 5.32 Å². The molecule has 0 amide bonds. The van der Waals surface area contributed by atoms with Gasteiger partial charge in [-0.15, -0.1) is 0 Å². The van der Waals surface area contributed by atoms with Crippen molar-refractivity contribution < 1.29 is 14.3 Å². The number of benzene rings is 2. The molecule has 1 N–H and O–H groups in total. The average molecular weight is 353 g/mol. The highest BCUT2D eigenvalue weighted by Crippen LogP contribution is 2.43. The van der Waals surface area contributed by atoms with E-state index in [0.29, 0.717) is 6.42 Å². The lowest BCUT2D eigenvalue weighted by molar-refractivity contribution is -0.108. The molecular weight excluding hydrogens is 326 g/mol. The number of hydrogen-bond donors (Lipinski definition) is 1. The highest BCUT2D eigenvalue weighted by molar-refractivity contribution is 5.54. The molecule has 0 aromatic heterocycles. The fourth-order valence-corrected chi connectivity index (χ4v) is 4.06. The van der Waals surface area contributed by atoms with Gasteiger partial charge in [0.25, 0.3) is 0 Å². The predicted molar refractivity (Wildman–Crippen MR) is 103 cm³/mol. The van der Waals surface area contributed by atoms with E-state index in [1.54, 1.807) is 14.2 Å². The van der Waals surface area contributed by atoms with Gasteiger partial charge in [-0.25, -0.2) is 0 Å². The second-order valence-corrected chi connectivity index (χ2v) is 6.80. The van der Waals surface area contributed by atoms with Crippen molar-refractivity contribution in [2.45, 2.75) is 31.1 Å². The largest absolute Gasteiger partial charge is 0.493 e. The maximum atomic E-state index is 10.9. The Balaban J connectivity index is 2.19. The third kappa shape index (κ3) is 3.47. The number of carbonyl (C=O) groups excluding carboxylic acids is 1. The second kappa shape index (κ2) is 8.37. The summed E-state index contributed by atoms with van der Waals surface area (Å²) < 4.78 is 11.1. The number of hydrogen-bond acceptors (Lipinski definition) is 4. The maximum absolute atomic E-state index is 10.9. The van der Waals surface area contributed by atoms with E-state index >= 15 is 0 Å². The molecule has 138 valence electrons. The zero-order valence-corrected chi connectivity index (χ0v) is 15.6. The van der Waals surface area contributed by atoms with E-state index in [4.69, 9.17) is 9.47 Å². The van der Waals surface area contributed by atoms with Crippen molar-refractivity contribution in [3.05, 3.63) is 59.2 Å². The normalized spacial score (nSPS) is 19.3. The minimum absolute atomic E-state index is 0.185. The molecule has 0 spiro atoms. The van der Waals surface area contributed by atoms with E-state index in [1.807, 2.05) is 6.07 Å². The number of ether oxygens (including phenoxy) is 2. The Morgan fingerprint density at radius 2 is 1.85 bits per heavy atom. The minimum Gasteiger partial charge on any atom is -0.493 e. The first kappa shape index (κ1) is 18.5. The van der Waals surface area contributed by atoms with Gasteiger partial charge in [-0.2, -0.15) is 0 Å². The average Bonchev–Trinajstić information content (AvgIpc) is 2.87. The Bertz CT molecular complexity index is 745. The van der Waals surface area contributed by atoms with Crippen LogP contribution < -0.4 is 14.8 Å². The van der Waals surface area contributed by atoms with E-state index in [-0.39, 0.29) is 5.41 Å². The van der Waals surface area contributed by atoms with Crippen molar-refractivity contribution in [3.63, 3.8) is 0 Å². The molecule has 0 bridgehead atoms. The first-order chi connectivity index (χ1) is 12.7. The van der Waals surface area contributed by atoms with Gasteiger partial charge in [0.15, 0.2) is 11.5 Å². The van der Waals surface area contributed by atoms with Crippen LogP contribution in [0.15, 0.2) is 42.5 Å². The summed E-state index contributed by atoms with van der Waals surface area (Å²) in [7, 11) is 3.35. The van der Waals surface area contributed by atoms with Gasteiger partial charge in [-0.05, 0) is 54.6 Å². The molecule has 0 saturated heterocycles. The van der Waals surface area contributed by atoms with Crippen LogP contribution in [-0.2, 0) is 16.6 Å². The van der Waals surface area contributed by atoms with Crippen LogP contribution in [0.4, 0.5) is 0 Å².